The van der Waals surface area contributed by atoms with Gasteiger partial charge in [0, 0.05) is 4.88 Å². The van der Waals surface area contributed by atoms with Crippen molar-refractivity contribution < 1.29 is 19.5 Å². The number of carboxylic acid groups (broad SMARTS) is 1. The molecule has 1 aliphatic carbocycles. The van der Waals surface area contributed by atoms with Crippen LogP contribution in [0.5, 0.6) is 0 Å². The second-order valence-corrected chi connectivity index (χ2v) is 5.94. The predicted octanol–water partition coefficient (Wildman–Crippen LogP) is 0.685. The lowest BCUT2D eigenvalue weighted by molar-refractivity contribution is -0.140. The Balaban J connectivity index is 2.08. The first-order valence-corrected chi connectivity index (χ1v) is 7.22. The van der Waals surface area contributed by atoms with Crippen molar-refractivity contribution in [2.45, 2.75) is 38.1 Å². The van der Waals surface area contributed by atoms with E-state index in [-0.39, 0.29) is 0 Å². The number of aryl methyl sites for hydroxylation is 2. The standard InChI is InChI=1S/C13H16N2O4S/c14-11(16)6-8(13(18)19)15-12(17)10-5-7-3-1-2-4-9(7)20-10/h5,8H,1-4,6H2,(H2,14,16)(H,15,17)(H,18,19)/t8-/m0/s1. The van der Waals surface area contributed by atoms with E-state index in [1.165, 1.54) is 21.8 Å². The largest absolute Gasteiger partial charge is 0.480 e. The van der Waals surface area contributed by atoms with Crippen molar-refractivity contribution in [1.82, 2.24) is 5.32 Å². The first-order chi connectivity index (χ1) is 9.47. The van der Waals surface area contributed by atoms with Gasteiger partial charge in [0.25, 0.3) is 5.91 Å². The molecule has 7 heteroatoms. The molecule has 0 spiro atoms. The maximum atomic E-state index is 12.0. The molecule has 0 fully saturated rings. The number of carboxylic acids is 1. The predicted molar refractivity (Wildman–Crippen MR) is 73.7 cm³/mol. The van der Waals surface area contributed by atoms with E-state index in [1.54, 1.807) is 0 Å². The Morgan fingerprint density at radius 1 is 1.35 bits per heavy atom. The van der Waals surface area contributed by atoms with Crippen LogP contribution in [0.1, 0.15) is 39.4 Å². The van der Waals surface area contributed by atoms with Crippen LogP contribution in [0.3, 0.4) is 0 Å². The molecule has 0 bridgehead atoms. The summed E-state index contributed by atoms with van der Waals surface area (Å²) in [6.07, 6.45) is 3.75. The second-order valence-electron chi connectivity index (χ2n) is 4.80. The number of nitrogens with one attached hydrogen (secondary N) is 1. The Labute approximate surface area is 120 Å². The summed E-state index contributed by atoms with van der Waals surface area (Å²) in [6.45, 7) is 0. The highest BCUT2D eigenvalue weighted by Gasteiger charge is 2.24. The number of carbonyl (C=O) groups excluding carboxylic acids is 2. The number of thiophene rings is 1. The zero-order valence-electron chi connectivity index (χ0n) is 10.8. The van der Waals surface area contributed by atoms with Crippen LogP contribution in [0.4, 0.5) is 0 Å². The number of fused-ring (bicyclic) bond motifs is 1. The molecule has 0 aromatic carbocycles. The molecule has 108 valence electrons. The summed E-state index contributed by atoms with van der Waals surface area (Å²) < 4.78 is 0. The highest BCUT2D eigenvalue weighted by molar-refractivity contribution is 7.14. The van der Waals surface area contributed by atoms with Crippen molar-refractivity contribution in [3.8, 4) is 0 Å². The molecular weight excluding hydrogens is 280 g/mol. The van der Waals surface area contributed by atoms with E-state index in [0.29, 0.717) is 4.88 Å². The molecule has 1 atom stereocenters. The van der Waals surface area contributed by atoms with Crippen LogP contribution >= 0.6 is 11.3 Å². The van der Waals surface area contributed by atoms with Gasteiger partial charge in [0.15, 0.2) is 0 Å². The van der Waals surface area contributed by atoms with Gasteiger partial charge in [-0.25, -0.2) is 4.79 Å². The number of rotatable bonds is 5. The average molecular weight is 296 g/mol. The summed E-state index contributed by atoms with van der Waals surface area (Å²) in [5, 5.41) is 11.3. The smallest absolute Gasteiger partial charge is 0.326 e. The van der Waals surface area contributed by atoms with Gasteiger partial charge in [-0.15, -0.1) is 11.3 Å². The molecule has 2 amide bonds. The van der Waals surface area contributed by atoms with Gasteiger partial charge in [-0.1, -0.05) is 0 Å². The Morgan fingerprint density at radius 3 is 2.65 bits per heavy atom. The van der Waals surface area contributed by atoms with Crippen molar-refractivity contribution in [2.24, 2.45) is 5.73 Å². The lowest BCUT2D eigenvalue weighted by Crippen LogP contribution is -2.43. The third-order valence-corrected chi connectivity index (χ3v) is 4.46. The SMILES string of the molecule is NC(=O)C[C@H](NC(=O)c1cc2c(s1)CCCC2)C(=O)O. The maximum Gasteiger partial charge on any atom is 0.326 e. The minimum absolute atomic E-state index is 0.411. The average Bonchev–Trinajstić information content (AvgIpc) is 2.81. The first kappa shape index (κ1) is 14.5. The molecule has 0 saturated heterocycles. The normalized spacial score (nSPS) is 15.2. The van der Waals surface area contributed by atoms with Crippen molar-refractivity contribution in [3.05, 3.63) is 21.4 Å². The highest BCUT2D eigenvalue weighted by Crippen LogP contribution is 2.29. The minimum Gasteiger partial charge on any atom is -0.480 e. The van der Waals surface area contributed by atoms with Gasteiger partial charge in [0.05, 0.1) is 11.3 Å². The molecule has 4 N–H and O–H groups in total. The van der Waals surface area contributed by atoms with Gasteiger partial charge in [0.1, 0.15) is 6.04 Å². The van der Waals surface area contributed by atoms with Crippen molar-refractivity contribution in [3.63, 3.8) is 0 Å². The quantitative estimate of drug-likeness (QED) is 0.742. The van der Waals surface area contributed by atoms with Gasteiger partial charge in [-0.2, -0.15) is 0 Å². The van der Waals surface area contributed by atoms with Crippen molar-refractivity contribution in [2.75, 3.05) is 0 Å². The van der Waals surface area contributed by atoms with Gasteiger partial charge in [-0.3, -0.25) is 9.59 Å². The fourth-order valence-electron chi connectivity index (χ4n) is 2.23. The fraction of sp³-hybridized carbons (Fsp3) is 0.462. The summed E-state index contributed by atoms with van der Waals surface area (Å²) in [5.41, 5.74) is 6.15. The molecule has 2 rings (SSSR count). The zero-order chi connectivity index (χ0) is 14.7. The van der Waals surface area contributed by atoms with Gasteiger partial charge in [-0.05, 0) is 37.3 Å². The maximum absolute atomic E-state index is 12.0. The summed E-state index contributed by atoms with van der Waals surface area (Å²) in [7, 11) is 0. The van der Waals surface area contributed by atoms with Crippen LogP contribution in [0.15, 0.2) is 6.07 Å². The Kier molecular flexibility index (Phi) is 4.39. The Bertz CT molecular complexity index is 529. The highest BCUT2D eigenvalue weighted by atomic mass is 32.1. The van der Waals surface area contributed by atoms with Crippen LogP contribution in [0.25, 0.3) is 0 Å². The van der Waals surface area contributed by atoms with E-state index in [0.717, 1.165) is 25.7 Å². The topological polar surface area (TPSA) is 109 Å². The minimum atomic E-state index is -1.28. The number of primary amides is 1. The number of nitrogens with two attached hydrogens (primary N) is 1. The van der Waals surface area contributed by atoms with Gasteiger partial charge in [0.2, 0.25) is 5.91 Å². The van der Waals surface area contributed by atoms with Crippen LogP contribution in [-0.4, -0.2) is 28.9 Å². The molecule has 0 aliphatic heterocycles. The molecular formula is C13H16N2O4S. The van der Waals surface area contributed by atoms with E-state index < -0.39 is 30.2 Å². The van der Waals surface area contributed by atoms with Crippen LogP contribution < -0.4 is 11.1 Å². The van der Waals surface area contributed by atoms with Crippen LogP contribution in [0.2, 0.25) is 0 Å². The molecule has 6 nitrogen and oxygen atoms in total. The van der Waals surface area contributed by atoms with Gasteiger partial charge >= 0.3 is 5.97 Å². The second kappa shape index (κ2) is 6.04. The van der Waals surface area contributed by atoms with Crippen LogP contribution in [-0.2, 0) is 22.4 Å². The van der Waals surface area contributed by atoms with E-state index in [2.05, 4.69) is 5.32 Å². The van der Waals surface area contributed by atoms with Crippen molar-refractivity contribution >= 4 is 29.1 Å². The van der Waals surface area contributed by atoms with E-state index in [4.69, 9.17) is 10.8 Å². The van der Waals surface area contributed by atoms with Crippen LogP contribution in [0, 0.1) is 0 Å². The number of aliphatic carboxylic acids is 1. The Hall–Kier alpha value is -1.89. The molecule has 1 aromatic rings. The third kappa shape index (κ3) is 3.36. The molecule has 0 unspecified atom stereocenters. The molecule has 0 radical (unpaired) electrons. The lowest BCUT2D eigenvalue weighted by atomic mass is 9.99. The zero-order valence-corrected chi connectivity index (χ0v) is 11.7. The van der Waals surface area contributed by atoms with E-state index >= 15 is 0 Å². The third-order valence-electron chi connectivity index (χ3n) is 3.23. The monoisotopic (exact) mass is 296 g/mol. The Morgan fingerprint density at radius 2 is 2.05 bits per heavy atom. The summed E-state index contributed by atoms with van der Waals surface area (Å²) in [6, 6.07) is 0.539. The first-order valence-electron chi connectivity index (χ1n) is 6.41. The fourth-order valence-corrected chi connectivity index (χ4v) is 3.39. The van der Waals surface area contributed by atoms with E-state index in [9.17, 15) is 14.4 Å². The molecule has 1 heterocycles. The number of amides is 2. The summed E-state index contributed by atoms with van der Waals surface area (Å²) in [4.78, 5) is 35.5. The molecule has 1 aliphatic rings. The molecule has 1 aromatic heterocycles. The number of carbonyl (C=O) groups is 3. The number of hydrogen-bond donors (Lipinski definition) is 3. The molecule has 0 saturated carbocycles. The summed E-state index contributed by atoms with van der Waals surface area (Å²) in [5.74, 6) is -2.49. The van der Waals surface area contributed by atoms with Gasteiger partial charge < -0.3 is 16.2 Å². The molecule has 20 heavy (non-hydrogen) atoms. The summed E-state index contributed by atoms with van der Waals surface area (Å²) >= 11 is 1.39. The van der Waals surface area contributed by atoms with E-state index in [1.807, 2.05) is 6.07 Å². The number of hydrogen-bond acceptors (Lipinski definition) is 4. The van der Waals surface area contributed by atoms with Crippen molar-refractivity contribution in [1.29, 1.82) is 0 Å². The lowest BCUT2D eigenvalue weighted by Gasteiger charge is -2.11.